The second kappa shape index (κ2) is 6.21. The van der Waals surface area contributed by atoms with Crippen LogP contribution >= 0.6 is 0 Å². The Balaban J connectivity index is 3.90. The Kier molecular flexibility index (Phi) is 5.97. The molecule has 0 aliphatic carbocycles. The Bertz CT molecular complexity index is 218. The zero-order chi connectivity index (χ0) is 12.8. The number of nitrogens with two attached hydrogens (primary N) is 1. The lowest BCUT2D eigenvalue weighted by molar-refractivity contribution is -0.122. The third kappa shape index (κ3) is 6.80. The largest absolute Gasteiger partial charge is 0.388 e. The van der Waals surface area contributed by atoms with Gasteiger partial charge in [0.25, 0.3) is 0 Å². The Hall–Kier alpha value is -0.610. The molecule has 0 aromatic heterocycles. The van der Waals surface area contributed by atoms with Crippen molar-refractivity contribution in [1.82, 2.24) is 5.32 Å². The van der Waals surface area contributed by atoms with Crippen LogP contribution in [0.2, 0.25) is 0 Å². The summed E-state index contributed by atoms with van der Waals surface area (Å²) in [5.41, 5.74) is 4.70. The number of aliphatic hydroxyl groups is 1. The first-order valence-corrected chi connectivity index (χ1v) is 6.00. The maximum absolute atomic E-state index is 11.5. The van der Waals surface area contributed by atoms with Gasteiger partial charge in [0, 0.05) is 18.5 Å². The Morgan fingerprint density at radius 3 is 2.19 bits per heavy atom. The molecule has 0 aliphatic rings. The van der Waals surface area contributed by atoms with E-state index in [0.29, 0.717) is 32.2 Å². The van der Waals surface area contributed by atoms with Gasteiger partial charge in [0.2, 0.25) is 5.91 Å². The molecular weight excluding hydrogens is 204 g/mol. The first-order valence-electron chi connectivity index (χ1n) is 6.00. The van der Waals surface area contributed by atoms with Crippen LogP contribution in [-0.2, 0) is 4.79 Å². The highest BCUT2D eigenvalue weighted by Gasteiger charge is 2.23. The highest BCUT2D eigenvalue weighted by molar-refractivity contribution is 5.76. The number of hydrogen-bond donors (Lipinski definition) is 3. The molecule has 4 nitrogen and oxygen atoms in total. The van der Waals surface area contributed by atoms with Crippen LogP contribution in [0.4, 0.5) is 0 Å². The molecule has 0 unspecified atom stereocenters. The topological polar surface area (TPSA) is 75.3 Å². The van der Waals surface area contributed by atoms with Crippen LogP contribution in [0.25, 0.3) is 0 Å². The molecule has 16 heavy (non-hydrogen) atoms. The number of rotatable bonds is 7. The van der Waals surface area contributed by atoms with E-state index < -0.39 is 5.60 Å². The van der Waals surface area contributed by atoms with Crippen molar-refractivity contribution in [2.45, 2.75) is 64.5 Å². The minimum absolute atomic E-state index is 0.0427. The van der Waals surface area contributed by atoms with Crippen LogP contribution < -0.4 is 11.1 Å². The van der Waals surface area contributed by atoms with Gasteiger partial charge in [0.05, 0.1) is 5.60 Å². The number of amides is 1. The van der Waals surface area contributed by atoms with Crippen molar-refractivity contribution in [2.75, 3.05) is 6.54 Å². The smallest absolute Gasteiger partial charge is 0.220 e. The quantitative estimate of drug-likeness (QED) is 0.614. The van der Waals surface area contributed by atoms with Crippen molar-refractivity contribution in [2.24, 2.45) is 5.73 Å². The van der Waals surface area contributed by atoms with Crippen LogP contribution in [0.15, 0.2) is 0 Å². The van der Waals surface area contributed by atoms with Crippen molar-refractivity contribution < 1.29 is 9.90 Å². The van der Waals surface area contributed by atoms with E-state index in [2.05, 4.69) is 5.32 Å². The fourth-order valence-corrected chi connectivity index (χ4v) is 1.29. The second-order valence-corrected chi connectivity index (χ2v) is 5.20. The number of hydrogen-bond acceptors (Lipinski definition) is 3. The Morgan fingerprint density at radius 2 is 1.81 bits per heavy atom. The van der Waals surface area contributed by atoms with Gasteiger partial charge in [-0.3, -0.25) is 4.79 Å². The van der Waals surface area contributed by atoms with Crippen molar-refractivity contribution in [3.8, 4) is 0 Å². The maximum atomic E-state index is 11.5. The fraction of sp³-hybridized carbons (Fsp3) is 0.917. The standard InChI is InChI=1S/C12H26N2O2/c1-5-12(16,6-2)9-14-10(15)7-8-11(3,4)13/h16H,5-9,13H2,1-4H3,(H,14,15). The third-order valence-electron chi connectivity index (χ3n) is 2.93. The summed E-state index contributed by atoms with van der Waals surface area (Å²) >= 11 is 0. The highest BCUT2D eigenvalue weighted by Crippen LogP contribution is 2.13. The van der Waals surface area contributed by atoms with Crippen LogP contribution in [-0.4, -0.2) is 28.7 Å². The van der Waals surface area contributed by atoms with Gasteiger partial charge < -0.3 is 16.2 Å². The molecule has 0 aromatic carbocycles. The average molecular weight is 230 g/mol. The summed E-state index contributed by atoms with van der Waals surface area (Å²) < 4.78 is 0. The van der Waals surface area contributed by atoms with Gasteiger partial charge in [0.15, 0.2) is 0 Å². The van der Waals surface area contributed by atoms with Gasteiger partial charge in [-0.1, -0.05) is 13.8 Å². The molecule has 0 rings (SSSR count). The fourth-order valence-electron chi connectivity index (χ4n) is 1.29. The summed E-state index contributed by atoms with van der Waals surface area (Å²) in [5, 5.41) is 12.7. The summed E-state index contributed by atoms with van der Waals surface area (Å²) in [6.45, 7) is 7.95. The van der Waals surface area contributed by atoms with Crippen LogP contribution in [0.5, 0.6) is 0 Å². The van der Waals surface area contributed by atoms with Crippen molar-refractivity contribution in [3.05, 3.63) is 0 Å². The van der Waals surface area contributed by atoms with E-state index >= 15 is 0 Å². The molecule has 4 N–H and O–H groups in total. The average Bonchev–Trinajstić information content (AvgIpc) is 2.22. The summed E-state index contributed by atoms with van der Waals surface area (Å²) in [4.78, 5) is 11.5. The van der Waals surface area contributed by atoms with Gasteiger partial charge in [0.1, 0.15) is 0 Å². The van der Waals surface area contributed by atoms with E-state index in [1.54, 1.807) is 0 Å². The number of nitrogens with one attached hydrogen (secondary N) is 1. The Morgan fingerprint density at radius 1 is 1.31 bits per heavy atom. The molecule has 4 heteroatoms. The maximum Gasteiger partial charge on any atom is 0.220 e. The molecule has 0 saturated heterocycles. The molecule has 0 bridgehead atoms. The van der Waals surface area contributed by atoms with Gasteiger partial charge in [-0.2, -0.15) is 0 Å². The molecule has 0 aromatic rings. The second-order valence-electron chi connectivity index (χ2n) is 5.20. The van der Waals surface area contributed by atoms with E-state index in [9.17, 15) is 9.90 Å². The lowest BCUT2D eigenvalue weighted by Crippen LogP contribution is -2.42. The number of carbonyl (C=O) groups is 1. The van der Waals surface area contributed by atoms with Crippen LogP contribution in [0.3, 0.4) is 0 Å². The summed E-state index contributed by atoms with van der Waals surface area (Å²) in [6, 6.07) is 0. The van der Waals surface area contributed by atoms with E-state index in [1.807, 2.05) is 27.7 Å². The molecule has 0 radical (unpaired) electrons. The molecule has 0 heterocycles. The minimum atomic E-state index is -0.770. The minimum Gasteiger partial charge on any atom is -0.388 e. The third-order valence-corrected chi connectivity index (χ3v) is 2.93. The van der Waals surface area contributed by atoms with E-state index in [1.165, 1.54) is 0 Å². The molecule has 1 amide bonds. The molecule has 0 spiro atoms. The molecule has 96 valence electrons. The van der Waals surface area contributed by atoms with Crippen LogP contribution in [0.1, 0.15) is 53.4 Å². The van der Waals surface area contributed by atoms with Gasteiger partial charge >= 0.3 is 0 Å². The zero-order valence-corrected chi connectivity index (χ0v) is 11.0. The molecular formula is C12H26N2O2. The normalized spacial score (nSPS) is 12.6. The highest BCUT2D eigenvalue weighted by atomic mass is 16.3. The number of carbonyl (C=O) groups excluding carboxylic acids is 1. The lowest BCUT2D eigenvalue weighted by atomic mass is 9.97. The molecule has 0 atom stereocenters. The van der Waals surface area contributed by atoms with Gasteiger partial charge in [-0.25, -0.2) is 0 Å². The molecule has 0 saturated carbocycles. The zero-order valence-electron chi connectivity index (χ0n) is 11.0. The summed E-state index contributed by atoms with van der Waals surface area (Å²) in [6.07, 6.45) is 2.35. The van der Waals surface area contributed by atoms with Gasteiger partial charge in [-0.15, -0.1) is 0 Å². The monoisotopic (exact) mass is 230 g/mol. The summed E-state index contributed by atoms with van der Waals surface area (Å²) in [7, 11) is 0. The van der Waals surface area contributed by atoms with E-state index in [0.717, 1.165) is 0 Å². The summed E-state index contributed by atoms with van der Waals surface area (Å²) in [5.74, 6) is -0.0427. The van der Waals surface area contributed by atoms with Crippen molar-refractivity contribution in [1.29, 1.82) is 0 Å². The van der Waals surface area contributed by atoms with Gasteiger partial charge in [-0.05, 0) is 33.1 Å². The van der Waals surface area contributed by atoms with E-state index in [-0.39, 0.29) is 11.4 Å². The molecule has 0 fully saturated rings. The first-order chi connectivity index (χ1) is 7.22. The Labute approximate surface area is 98.6 Å². The predicted molar refractivity (Wildman–Crippen MR) is 66.0 cm³/mol. The SMILES string of the molecule is CCC(O)(CC)CNC(=O)CCC(C)(C)N. The van der Waals surface area contributed by atoms with Crippen molar-refractivity contribution in [3.63, 3.8) is 0 Å². The predicted octanol–water partition coefficient (Wildman–Crippen LogP) is 1.17. The lowest BCUT2D eigenvalue weighted by Gasteiger charge is -2.25. The van der Waals surface area contributed by atoms with E-state index in [4.69, 9.17) is 5.73 Å². The molecule has 0 aliphatic heterocycles. The van der Waals surface area contributed by atoms with Crippen LogP contribution in [0, 0.1) is 0 Å². The first kappa shape index (κ1) is 15.4. The van der Waals surface area contributed by atoms with Crippen molar-refractivity contribution >= 4 is 5.91 Å².